The van der Waals surface area contributed by atoms with E-state index in [0.29, 0.717) is 35.6 Å². The minimum atomic E-state index is -0.516. The Morgan fingerprint density at radius 3 is 2.34 bits per heavy atom. The fourth-order valence-electron chi connectivity index (χ4n) is 2.69. The molecule has 1 aromatic rings. The first-order valence-corrected chi connectivity index (χ1v) is 10.5. The molecule has 29 heavy (non-hydrogen) atoms. The van der Waals surface area contributed by atoms with Crippen molar-refractivity contribution in [3.8, 4) is 11.8 Å². The summed E-state index contributed by atoms with van der Waals surface area (Å²) in [4.78, 5) is 24.8. The smallest absolute Gasteiger partial charge is 0.339 e. The van der Waals surface area contributed by atoms with Crippen molar-refractivity contribution in [1.82, 2.24) is 0 Å². The lowest BCUT2D eigenvalue weighted by molar-refractivity contribution is 0.0377. The van der Waals surface area contributed by atoms with Crippen molar-refractivity contribution in [2.45, 2.75) is 72.3 Å². The fourth-order valence-corrected chi connectivity index (χ4v) is 2.69. The van der Waals surface area contributed by atoms with Crippen LogP contribution in [0.2, 0.25) is 0 Å². The van der Waals surface area contributed by atoms with E-state index in [4.69, 9.17) is 9.47 Å². The summed E-state index contributed by atoms with van der Waals surface area (Å²) in [6.07, 6.45) is 5.55. The average molecular weight is 399 g/mol. The number of esters is 2. The van der Waals surface area contributed by atoms with Gasteiger partial charge in [0.25, 0.3) is 0 Å². The highest BCUT2D eigenvalue weighted by Gasteiger charge is 2.17. The first-order valence-electron chi connectivity index (χ1n) is 10.5. The molecule has 0 spiro atoms. The zero-order chi connectivity index (χ0) is 21.6. The number of benzene rings is 1. The van der Waals surface area contributed by atoms with Gasteiger partial charge in [-0.05, 0) is 49.5 Å². The van der Waals surface area contributed by atoms with E-state index in [2.05, 4.69) is 25.3 Å². The molecule has 158 valence electrons. The Balaban J connectivity index is 2.69. The van der Waals surface area contributed by atoms with Crippen molar-refractivity contribution in [2.75, 3.05) is 6.61 Å². The van der Waals surface area contributed by atoms with E-state index in [1.54, 1.807) is 25.1 Å². The Morgan fingerprint density at radius 1 is 1.07 bits per heavy atom. The summed E-state index contributed by atoms with van der Waals surface area (Å²) in [5.41, 5.74) is 1.38. The number of hydrogen-bond donors (Lipinski definition) is 0. The summed E-state index contributed by atoms with van der Waals surface area (Å²) in [5, 5.41) is 0. The SMILES string of the molecule is C=C(C)C#CC(CC(C)C)OC(=O)c1cccc(C(=O)OCCCCCCC)c1. The molecule has 1 unspecified atom stereocenters. The maximum atomic E-state index is 12.6. The van der Waals surface area contributed by atoms with Gasteiger partial charge in [0.05, 0.1) is 17.7 Å². The standard InChI is InChI=1S/C25H34O4/c1-6-7-8-9-10-16-28-24(26)21-12-11-13-22(18-21)25(27)29-23(17-20(4)5)15-14-19(2)3/h11-13,18,20,23H,2,6-10,16-17H2,1,3-5H3. The van der Waals surface area contributed by atoms with Crippen molar-refractivity contribution in [1.29, 1.82) is 0 Å². The molecule has 0 aliphatic carbocycles. The van der Waals surface area contributed by atoms with Crippen LogP contribution in [-0.2, 0) is 9.47 Å². The van der Waals surface area contributed by atoms with Gasteiger partial charge in [0.1, 0.15) is 0 Å². The summed E-state index contributed by atoms with van der Waals surface area (Å²) in [6, 6.07) is 6.44. The van der Waals surface area contributed by atoms with E-state index < -0.39 is 18.0 Å². The molecule has 1 atom stereocenters. The van der Waals surface area contributed by atoms with E-state index in [1.165, 1.54) is 18.9 Å². The van der Waals surface area contributed by atoms with Gasteiger partial charge in [-0.15, -0.1) is 0 Å². The number of allylic oxidation sites excluding steroid dienone is 1. The van der Waals surface area contributed by atoms with E-state index in [0.717, 1.165) is 19.3 Å². The summed E-state index contributed by atoms with van der Waals surface area (Å²) < 4.78 is 10.9. The summed E-state index contributed by atoms with van der Waals surface area (Å²) in [7, 11) is 0. The summed E-state index contributed by atoms with van der Waals surface area (Å²) >= 11 is 0. The van der Waals surface area contributed by atoms with Gasteiger partial charge >= 0.3 is 11.9 Å². The molecule has 0 fully saturated rings. The van der Waals surface area contributed by atoms with E-state index in [9.17, 15) is 9.59 Å². The Kier molecular flexibility index (Phi) is 11.5. The predicted octanol–water partition coefficient (Wildman–Crippen LogP) is 5.96. The fraction of sp³-hybridized carbons (Fsp3) is 0.520. The van der Waals surface area contributed by atoms with Crippen LogP contribution in [0, 0.1) is 17.8 Å². The summed E-state index contributed by atoms with van der Waals surface area (Å²) in [5.74, 6) is 5.24. The van der Waals surface area contributed by atoms with Gasteiger partial charge in [-0.2, -0.15) is 0 Å². The van der Waals surface area contributed by atoms with Gasteiger partial charge in [-0.25, -0.2) is 9.59 Å². The Hall–Kier alpha value is -2.54. The van der Waals surface area contributed by atoms with Crippen LogP contribution in [0.4, 0.5) is 0 Å². The van der Waals surface area contributed by atoms with Crippen LogP contribution in [0.15, 0.2) is 36.4 Å². The third-order valence-electron chi connectivity index (χ3n) is 4.20. The molecule has 0 aromatic heterocycles. The van der Waals surface area contributed by atoms with Gasteiger partial charge in [0.15, 0.2) is 6.10 Å². The van der Waals surface area contributed by atoms with Crippen LogP contribution >= 0.6 is 0 Å². The quantitative estimate of drug-likeness (QED) is 0.262. The highest BCUT2D eigenvalue weighted by atomic mass is 16.5. The predicted molar refractivity (Wildman–Crippen MR) is 117 cm³/mol. The average Bonchev–Trinajstić information content (AvgIpc) is 2.68. The van der Waals surface area contributed by atoms with Crippen LogP contribution in [0.25, 0.3) is 0 Å². The lowest BCUT2D eigenvalue weighted by atomic mass is 10.1. The first-order chi connectivity index (χ1) is 13.8. The second kappa shape index (κ2) is 13.6. The largest absolute Gasteiger partial charge is 0.462 e. The van der Waals surface area contributed by atoms with Crippen LogP contribution < -0.4 is 0 Å². The lowest BCUT2D eigenvalue weighted by Crippen LogP contribution is -2.19. The molecule has 1 aromatic carbocycles. The van der Waals surface area contributed by atoms with Crippen molar-refractivity contribution in [3.05, 3.63) is 47.5 Å². The van der Waals surface area contributed by atoms with Crippen molar-refractivity contribution in [3.63, 3.8) is 0 Å². The molecule has 4 heteroatoms. The number of carbonyl (C=O) groups excluding carboxylic acids is 2. The number of ether oxygens (including phenoxy) is 2. The Bertz CT molecular complexity index is 737. The van der Waals surface area contributed by atoms with Crippen LogP contribution in [0.3, 0.4) is 0 Å². The Morgan fingerprint density at radius 2 is 1.72 bits per heavy atom. The molecule has 0 N–H and O–H groups in total. The lowest BCUT2D eigenvalue weighted by Gasteiger charge is -2.15. The second-order valence-electron chi connectivity index (χ2n) is 7.70. The van der Waals surface area contributed by atoms with Crippen LogP contribution in [0.5, 0.6) is 0 Å². The molecule has 0 aliphatic rings. The molecule has 0 amide bonds. The van der Waals surface area contributed by atoms with Crippen molar-refractivity contribution in [2.24, 2.45) is 5.92 Å². The molecular weight excluding hydrogens is 364 g/mol. The van der Waals surface area contributed by atoms with E-state index in [-0.39, 0.29) is 0 Å². The van der Waals surface area contributed by atoms with Crippen molar-refractivity contribution >= 4 is 11.9 Å². The molecule has 1 rings (SSSR count). The number of hydrogen-bond acceptors (Lipinski definition) is 4. The first kappa shape index (κ1) is 24.5. The maximum absolute atomic E-state index is 12.6. The molecule has 0 radical (unpaired) electrons. The Labute approximate surface area is 175 Å². The molecular formula is C25H34O4. The molecule has 0 heterocycles. The van der Waals surface area contributed by atoms with Crippen LogP contribution in [0.1, 0.15) is 86.9 Å². The highest BCUT2D eigenvalue weighted by molar-refractivity contribution is 5.95. The summed E-state index contributed by atoms with van der Waals surface area (Å²) in [6.45, 7) is 12.2. The van der Waals surface area contributed by atoms with E-state index in [1.807, 2.05) is 13.8 Å². The normalized spacial score (nSPS) is 11.3. The minimum Gasteiger partial charge on any atom is -0.462 e. The van der Waals surface area contributed by atoms with Gasteiger partial charge in [-0.1, -0.05) is 70.9 Å². The second-order valence-corrected chi connectivity index (χ2v) is 7.70. The zero-order valence-corrected chi connectivity index (χ0v) is 18.3. The number of carbonyl (C=O) groups is 2. The third kappa shape index (κ3) is 10.5. The minimum absolute atomic E-state index is 0.313. The maximum Gasteiger partial charge on any atom is 0.339 e. The zero-order valence-electron chi connectivity index (χ0n) is 18.3. The molecule has 0 aliphatic heterocycles. The number of rotatable bonds is 11. The van der Waals surface area contributed by atoms with Gasteiger partial charge in [0, 0.05) is 0 Å². The van der Waals surface area contributed by atoms with Crippen LogP contribution in [-0.4, -0.2) is 24.6 Å². The highest BCUT2D eigenvalue weighted by Crippen LogP contribution is 2.14. The van der Waals surface area contributed by atoms with Gasteiger partial charge in [-0.3, -0.25) is 0 Å². The van der Waals surface area contributed by atoms with Gasteiger partial charge < -0.3 is 9.47 Å². The van der Waals surface area contributed by atoms with Gasteiger partial charge in [0.2, 0.25) is 0 Å². The number of unbranched alkanes of at least 4 members (excludes halogenated alkanes) is 4. The monoisotopic (exact) mass is 398 g/mol. The molecule has 0 saturated carbocycles. The molecule has 0 saturated heterocycles. The third-order valence-corrected chi connectivity index (χ3v) is 4.20. The molecule has 4 nitrogen and oxygen atoms in total. The molecule has 0 bridgehead atoms. The van der Waals surface area contributed by atoms with Crippen molar-refractivity contribution < 1.29 is 19.1 Å². The topological polar surface area (TPSA) is 52.6 Å². The van der Waals surface area contributed by atoms with E-state index >= 15 is 0 Å².